The molecule has 2 fully saturated rings. The monoisotopic (exact) mass is 244 g/mol. The molecule has 0 saturated heterocycles. The number of Topliss-reactive ketones (excluding diaryl/α,β-unsaturated/α-hetero) is 1. The van der Waals surface area contributed by atoms with Crippen LogP contribution >= 0.6 is 0 Å². The van der Waals surface area contributed by atoms with E-state index in [1.165, 1.54) is 0 Å². The molecule has 2 aliphatic rings. The van der Waals surface area contributed by atoms with Crippen LogP contribution in [-0.4, -0.2) is 16.8 Å². The van der Waals surface area contributed by atoms with Gasteiger partial charge < -0.3 is 5.32 Å². The first-order chi connectivity index (χ1) is 8.47. The maximum absolute atomic E-state index is 12.6. The highest BCUT2D eigenvalue weighted by molar-refractivity contribution is 5.96. The lowest BCUT2D eigenvalue weighted by Gasteiger charge is -2.32. The Bertz CT molecular complexity index is 483. The van der Waals surface area contributed by atoms with E-state index in [2.05, 4.69) is 31.1 Å². The van der Waals surface area contributed by atoms with Gasteiger partial charge in [0, 0.05) is 11.6 Å². The van der Waals surface area contributed by atoms with E-state index in [0.29, 0.717) is 11.7 Å². The largest absolute Gasteiger partial charge is 0.360 e. The molecule has 2 aliphatic carbocycles. The summed E-state index contributed by atoms with van der Waals surface area (Å²) in [6.45, 7) is 6.61. The number of aromatic nitrogens is 1. The number of anilines is 1. The first kappa shape index (κ1) is 11.7. The maximum Gasteiger partial charge on any atom is 0.161 e. The van der Waals surface area contributed by atoms with Crippen molar-refractivity contribution in [3.63, 3.8) is 0 Å². The number of pyridine rings is 1. The first-order valence-electron chi connectivity index (χ1n) is 6.69. The number of nitrogens with zero attached hydrogens (tertiary/aromatic N) is 1. The Balaban J connectivity index is 1.90. The summed E-state index contributed by atoms with van der Waals surface area (Å²) in [5.41, 5.74) is -0.0688. The van der Waals surface area contributed by atoms with Gasteiger partial charge in [-0.2, -0.15) is 0 Å². The summed E-state index contributed by atoms with van der Waals surface area (Å²) < 4.78 is 0. The second-order valence-corrected chi connectivity index (χ2v) is 6.40. The molecule has 1 aromatic heterocycles. The number of carbonyl (C=O) groups excluding carboxylic acids is 1. The first-order valence-corrected chi connectivity index (χ1v) is 6.69. The van der Waals surface area contributed by atoms with Gasteiger partial charge in [-0.25, -0.2) is 4.98 Å². The molecule has 96 valence electrons. The van der Waals surface area contributed by atoms with Crippen molar-refractivity contribution in [2.24, 2.45) is 16.7 Å². The average molecular weight is 244 g/mol. The van der Waals surface area contributed by atoms with Gasteiger partial charge in [0.05, 0.1) is 6.04 Å². The van der Waals surface area contributed by atoms with Gasteiger partial charge in [0.2, 0.25) is 0 Å². The fraction of sp³-hybridized carbons (Fsp3) is 0.600. The zero-order valence-corrected chi connectivity index (χ0v) is 11.2. The summed E-state index contributed by atoms with van der Waals surface area (Å²) in [4.78, 5) is 16.9. The third-order valence-electron chi connectivity index (χ3n) is 5.50. The van der Waals surface area contributed by atoms with Crippen molar-refractivity contribution in [1.29, 1.82) is 0 Å². The van der Waals surface area contributed by atoms with Crippen molar-refractivity contribution in [3.05, 3.63) is 24.4 Å². The van der Waals surface area contributed by atoms with Crippen molar-refractivity contribution in [1.82, 2.24) is 4.98 Å². The molecule has 2 saturated carbocycles. The Morgan fingerprint density at radius 3 is 2.67 bits per heavy atom. The molecule has 1 aromatic rings. The fourth-order valence-electron chi connectivity index (χ4n) is 3.86. The van der Waals surface area contributed by atoms with Crippen molar-refractivity contribution in [3.8, 4) is 0 Å². The predicted molar refractivity (Wildman–Crippen MR) is 71.3 cm³/mol. The standard InChI is InChI=1S/C15H20N2O/c1-14(2)10-7-8-15(14,3)13(18)12(10)17-11-6-4-5-9-16-11/h4-6,9-10,12H,7-8H2,1-3H3,(H,16,17)/t10-,12-,15+/m1/s1. The number of ketones is 1. The molecule has 0 spiro atoms. The van der Waals surface area contributed by atoms with E-state index in [0.717, 1.165) is 18.7 Å². The third-order valence-corrected chi connectivity index (χ3v) is 5.50. The van der Waals surface area contributed by atoms with Crippen LogP contribution in [0.5, 0.6) is 0 Å². The minimum atomic E-state index is -0.163. The highest BCUT2D eigenvalue weighted by atomic mass is 16.1. The number of rotatable bonds is 2. The maximum atomic E-state index is 12.6. The van der Waals surface area contributed by atoms with Gasteiger partial charge in [0.15, 0.2) is 5.78 Å². The lowest BCUT2D eigenvalue weighted by Crippen LogP contribution is -2.39. The summed E-state index contributed by atoms with van der Waals surface area (Å²) in [5, 5.41) is 3.34. The molecule has 0 unspecified atom stereocenters. The van der Waals surface area contributed by atoms with E-state index in [4.69, 9.17) is 0 Å². The zero-order chi connectivity index (χ0) is 13.0. The van der Waals surface area contributed by atoms with Crippen LogP contribution in [0.1, 0.15) is 33.6 Å². The van der Waals surface area contributed by atoms with E-state index in [1.54, 1.807) is 6.20 Å². The minimum Gasteiger partial charge on any atom is -0.360 e. The van der Waals surface area contributed by atoms with Crippen LogP contribution in [0.3, 0.4) is 0 Å². The molecule has 0 aromatic carbocycles. The molecule has 3 rings (SSSR count). The van der Waals surface area contributed by atoms with Crippen LogP contribution in [0.15, 0.2) is 24.4 Å². The summed E-state index contributed by atoms with van der Waals surface area (Å²) in [6.07, 6.45) is 3.93. The Labute approximate surface area is 108 Å². The van der Waals surface area contributed by atoms with Gasteiger partial charge in [0.1, 0.15) is 5.82 Å². The molecular formula is C15H20N2O. The highest BCUT2D eigenvalue weighted by Gasteiger charge is 2.66. The second-order valence-electron chi connectivity index (χ2n) is 6.40. The molecule has 18 heavy (non-hydrogen) atoms. The molecule has 3 heteroatoms. The number of carbonyl (C=O) groups is 1. The Kier molecular flexibility index (Phi) is 2.31. The van der Waals surface area contributed by atoms with Crippen molar-refractivity contribution in [2.45, 2.75) is 39.7 Å². The number of nitrogens with one attached hydrogen (secondary N) is 1. The molecule has 0 aliphatic heterocycles. The molecule has 3 nitrogen and oxygen atoms in total. The Hall–Kier alpha value is -1.38. The zero-order valence-electron chi connectivity index (χ0n) is 11.2. The fourth-order valence-corrected chi connectivity index (χ4v) is 3.86. The topological polar surface area (TPSA) is 42.0 Å². The molecule has 3 atom stereocenters. The Morgan fingerprint density at radius 2 is 2.11 bits per heavy atom. The molecule has 0 amide bonds. The molecule has 2 bridgehead atoms. The number of fused-ring (bicyclic) bond motifs is 2. The molecular weight excluding hydrogens is 224 g/mol. The number of hydrogen-bond donors (Lipinski definition) is 1. The van der Waals surface area contributed by atoms with Crippen molar-refractivity contribution in [2.75, 3.05) is 5.32 Å². The minimum absolute atomic E-state index is 0.0614. The molecule has 1 N–H and O–H groups in total. The van der Waals surface area contributed by atoms with E-state index in [-0.39, 0.29) is 16.9 Å². The van der Waals surface area contributed by atoms with Gasteiger partial charge >= 0.3 is 0 Å². The molecule has 0 radical (unpaired) electrons. The van der Waals surface area contributed by atoms with Crippen LogP contribution in [0.25, 0.3) is 0 Å². The highest BCUT2D eigenvalue weighted by Crippen LogP contribution is 2.63. The van der Waals surface area contributed by atoms with E-state index in [1.807, 2.05) is 18.2 Å². The Morgan fingerprint density at radius 1 is 1.33 bits per heavy atom. The lowest BCUT2D eigenvalue weighted by atomic mass is 9.70. The predicted octanol–water partition coefficient (Wildman–Crippen LogP) is 2.89. The summed E-state index contributed by atoms with van der Waals surface area (Å²) in [6, 6.07) is 5.70. The van der Waals surface area contributed by atoms with Crippen molar-refractivity contribution < 1.29 is 4.79 Å². The summed E-state index contributed by atoms with van der Waals surface area (Å²) in [5.74, 6) is 1.61. The van der Waals surface area contributed by atoms with E-state index >= 15 is 0 Å². The average Bonchev–Trinajstić information content (AvgIpc) is 2.65. The van der Waals surface area contributed by atoms with Crippen LogP contribution in [0.2, 0.25) is 0 Å². The van der Waals surface area contributed by atoms with Crippen LogP contribution < -0.4 is 5.32 Å². The van der Waals surface area contributed by atoms with Gasteiger partial charge in [-0.15, -0.1) is 0 Å². The normalized spacial score (nSPS) is 36.9. The van der Waals surface area contributed by atoms with Crippen molar-refractivity contribution >= 4 is 11.6 Å². The van der Waals surface area contributed by atoms with Gasteiger partial charge in [-0.3, -0.25) is 4.79 Å². The third kappa shape index (κ3) is 1.30. The SMILES string of the molecule is CC1(C)[C@@H]2CC[C@@]1(C)C(=O)[C@@H]2Nc1ccccn1. The second kappa shape index (κ2) is 3.56. The van der Waals surface area contributed by atoms with Crippen LogP contribution in [0, 0.1) is 16.7 Å². The van der Waals surface area contributed by atoms with E-state index in [9.17, 15) is 4.79 Å². The smallest absolute Gasteiger partial charge is 0.161 e. The quantitative estimate of drug-likeness (QED) is 0.869. The lowest BCUT2D eigenvalue weighted by molar-refractivity contribution is -0.128. The summed E-state index contributed by atoms with van der Waals surface area (Å²) in [7, 11) is 0. The van der Waals surface area contributed by atoms with Crippen LogP contribution in [-0.2, 0) is 4.79 Å². The van der Waals surface area contributed by atoms with Gasteiger partial charge in [0.25, 0.3) is 0 Å². The van der Waals surface area contributed by atoms with E-state index < -0.39 is 0 Å². The van der Waals surface area contributed by atoms with Gasteiger partial charge in [-0.1, -0.05) is 26.8 Å². The van der Waals surface area contributed by atoms with Gasteiger partial charge in [-0.05, 0) is 36.3 Å². The summed E-state index contributed by atoms with van der Waals surface area (Å²) >= 11 is 0. The number of hydrogen-bond acceptors (Lipinski definition) is 3. The van der Waals surface area contributed by atoms with Crippen LogP contribution in [0.4, 0.5) is 5.82 Å². The molecule has 1 heterocycles.